The number of amides is 2. The number of aryl methyl sites for hydroxylation is 2. The molecule has 0 radical (unpaired) electrons. The van der Waals surface area contributed by atoms with E-state index < -0.39 is 23.8 Å². The summed E-state index contributed by atoms with van der Waals surface area (Å²) in [6.45, 7) is 9.19. The summed E-state index contributed by atoms with van der Waals surface area (Å²) in [7, 11) is 0. The van der Waals surface area contributed by atoms with Crippen LogP contribution in [0, 0.1) is 18.6 Å². The molecule has 0 fully saturated rings. The fourth-order valence-corrected chi connectivity index (χ4v) is 5.10. The number of hydrogen-bond donors (Lipinski definition) is 3. The predicted octanol–water partition coefficient (Wildman–Crippen LogP) is 5.59. The van der Waals surface area contributed by atoms with Gasteiger partial charge in [0, 0.05) is 43.4 Å². The summed E-state index contributed by atoms with van der Waals surface area (Å²) in [6.07, 6.45) is 1.38. The normalized spacial score (nSPS) is 12.5. The van der Waals surface area contributed by atoms with Gasteiger partial charge in [-0.3, -0.25) is 9.59 Å². The Labute approximate surface area is 248 Å². The maximum atomic E-state index is 14.2. The van der Waals surface area contributed by atoms with Gasteiger partial charge in [0.2, 0.25) is 0 Å². The molecule has 3 rings (SSSR count). The predicted molar refractivity (Wildman–Crippen MR) is 163 cm³/mol. The highest BCUT2D eigenvalue weighted by Gasteiger charge is 2.31. The number of unbranched alkanes of at least 4 members (excludes halogenated alkanes) is 1. The quantitative estimate of drug-likeness (QED) is 0.219. The van der Waals surface area contributed by atoms with Crippen molar-refractivity contribution in [1.82, 2.24) is 15.5 Å². The maximum Gasteiger partial charge on any atom is 0.254 e. The highest BCUT2D eigenvalue weighted by Crippen LogP contribution is 2.21. The van der Waals surface area contributed by atoms with E-state index in [0.29, 0.717) is 42.7 Å². The summed E-state index contributed by atoms with van der Waals surface area (Å²) < 4.78 is 28.3. The minimum atomic E-state index is -1.04. The zero-order chi connectivity index (χ0) is 30.6. The van der Waals surface area contributed by atoms with Crippen LogP contribution in [0.15, 0.2) is 60.7 Å². The number of carbonyl (C=O) groups is 2. The molecule has 3 aromatic rings. The molecule has 0 aliphatic heterocycles. The van der Waals surface area contributed by atoms with Gasteiger partial charge in [-0.1, -0.05) is 44.5 Å². The van der Waals surface area contributed by atoms with Crippen LogP contribution >= 0.6 is 0 Å². The molecule has 42 heavy (non-hydrogen) atoms. The van der Waals surface area contributed by atoms with E-state index in [1.807, 2.05) is 32.9 Å². The zero-order valence-electron chi connectivity index (χ0n) is 25.1. The third-order valence-corrected chi connectivity index (χ3v) is 7.23. The van der Waals surface area contributed by atoms with Crippen LogP contribution in [0.3, 0.4) is 0 Å². The number of nitrogens with zero attached hydrogens (tertiary/aromatic N) is 1. The first kappa shape index (κ1) is 32.9. The molecule has 2 amide bonds. The summed E-state index contributed by atoms with van der Waals surface area (Å²) in [4.78, 5) is 28.3. The molecule has 0 unspecified atom stereocenters. The summed E-state index contributed by atoms with van der Waals surface area (Å²) in [5.74, 6) is -2.07. The molecule has 3 aromatic carbocycles. The maximum absolute atomic E-state index is 14.2. The summed E-state index contributed by atoms with van der Waals surface area (Å²) in [5.41, 5.74) is 4.06. The van der Waals surface area contributed by atoms with Gasteiger partial charge in [-0.25, -0.2) is 8.78 Å². The highest BCUT2D eigenvalue weighted by molar-refractivity contribution is 6.00. The molecule has 0 aromatic heterocycles. The van der Waals surface area contributed by atoms with Crippen LogP contribution in [0.25, 0.3) is 0 Å². The van der Waals surface area contributed by atoms with Gasteiger partial charge < -0.3 is 20.6 Å². The first-order valence-electron chi connectivity index (χ1n) is 14.8. The monoisotopic (exact) mass is 579 g/mol. The average Bonchev–Trinajstić information content (AvgIpc) is 2.96. The number of benzene rings is 3. The van der Waals surface area contributed by atoms with Crippen molar-refractivity contribution in [3.63, 3.8) is 0 Å². The van der Waals surface area contributed by atoms with Crippen molar-refractivity contribution in [3.8, 4) is 0 Å². The fraction of sp³-hybridized carbons (Fsp3) is 0.412. The van der Waals surface area contributed by atoms with Gasteiger partial charge in [0.05, 0.1) is 12.1 Å². The second kappa shape index (κ2) is 16.1. The lowest BCUT2D eigenvalue weighted by Gasteiger charge is -2.36. The van der Waals surface area contributed by atoms with Crippen LogP contribution in [0.1, 0.15) is 76.6 Å². The van der Waals surface area contributed by atoms with Crippen LogP contribution in [-0.4, -0.2) is 53.6 Å². The first-order chi connectivity index (χ1) is 20.1. The van der Waals surface area contributed by atoms with E-state index in [0.717, 1.165) is 30.0 Å². The van der Waals surface area contributed by atoms with Crippen LogP contribution in [-0.2, 0) is 19.4 Å². The number of carbonyl (C=O) groups excluding carboxylic acids is 2. The Hall–Kier alpha value is -3.62. The van der Waals surface area contributed by atoms with Gasteiger partial charge >= 0.3 is 0 Å². The van der Waals surface area contributed by atoms with Crippen LogP contribution in [0.2, 0.25) is 0 Å². The van der Waals surface area contributed by atoms with Crippen molar-refractivity contribution in [1.29, 1.82) is 0 Å². The van der Waals surface area contributed by atoms with Gasteiger partial charge in [0.15, 0.2) is 0 Å². The largest absolute Gasteiger partial charge is 0.390 e. The second-order valence-corrected chi connectivity index (χ2v) is 10.7. The Kier molecular flexibility index (Phi) is 12.6. The third-order valence-electron chi connectivity index (χ3n) is 7.23. The summed E-state index contributed by atoms with van der Waals surface area (Å²) in [5, 5.41) is 17.6. The van der Waals surface area contributed by atoms with Gasteiger partial charge in [-0.2, -0.15) is 0 Å². The number of hydrogen-bond acceptors (Lipinski definition) is 4. The van der Waals surface area contributed by atoms with Crippen LogP contribution in [0.4, 0.5) is 8.78 Å². The minimum Gasteiger partial charge on any atom is -0.390 e. The number of aliphatic hydroxyl groups is 1. The van der Waals surface area contributed by atoms with Crippen molar-refractivity contribution in [2.24, 2.45) is 0 Å². The molecule has 226 valence electrons. The molecule has 0 aliphatic rings. The van der Waals surface area contributed by atoms with Crippen molar-refractivity contribution >= 4 is 11.8 Å². The van der Waals surface area contributed by atoms with E-state index in [9.17, 15) is 23.5 Å². The molecular weight excluding hydrogens is 536 g/mol. The number of halogens is 2. The highest BCUT2D eigenvalue weighted by atomic mass is 19.1. The Morgan fingerprint density at radius 3 is 2.26 bits per heavy atom. The lowest BCUT2D eigenvalue weighted by Crippen LogP contribution is -2.51. The number of rotatable bonds is 15. The van der Waals surface area contributed by atoms with Crippen molar-refractivity contribution < 1.29 is 23.5 Å². The topological polar surface area (TPSA) is 81.7 Å². The van der Waals surface area contributed by atoms with Crippen LogP contribution in [0.5, 0.6) is 0 Å². The molecule has 0 heterocycles. The molecule has 0 saturated heterocycles. The van der Waals surface area contributed by atoms with Gasteiger partial charge in [0.25, 0.3) is 11.8 Å². The van der Waals surface area contributed by atoms with E-state index in [4.69, 9.17) is 0 Å². The lowest BCUT2D eigenvalue weighted by molar-refractivity contribution is 0.0349. The van der Waals surface area contributed by atoms with E-state index in [1.54, 1.807) is 23.1 Å². The van der Waals surface area contributed by atoms with Crippen molar-refractivity contribution in [2.45, 2.75) is 72.1 Å². The molecule has 6 nitrogen and oxygen atoms in total. The van der Waals surface area contributed by atoms with Gasteiger partial charge in [0.1, 0.15) is 11.6 Å². The minimum absolute atomic E-state index is 0.0489. The van der Waals surface area contributed by atoms with Crippen molar-refractivity contribution in [2.75, 3.05) is 19.6 Å². The molecular formula is C34H43F2N3O3. The van der Waals surface area contributed by atoms with Gasteiger partial charge in [-0.15, -0.1) is 0 Å². The van der Waals surface area contributed by atoms with E-state index in [2.05, 4.69) is 29.7 Å². The van der Waals surface area contributed by atoms with E-state index >= 15 is 0 Å². The average molecular weight is 580 g/mol. The molecule has 2 atom stereocenters. The Balaban J connectivity index is 1.94. The molecule has 0 spiro atoms. The summed E-state index contributed by atoms with van der Waals surface area (Å²) in [6, 6.07) is 15.6. The SMILES string of the molecule is CCCCN(C(=O)c1cc(C)cc(C(=O)NCC)c1)[C@@H](Cc1cc(F)cc(F)c1)[C@H](O)CNCc1cccc(CC)c1. The number of nitrogens with one attached hydrogen (secondary N) is 2. The first-order valence-corrected chi connectivity index (χ1v) is 14.8. The molecule has 0 aliphatic carbocycles. The molecule has 0 bridgehead atoms. The smallest absolute Gasteiger partial charge is 0.254 e. The third kappa shape index (κ3) is 9.46. The zero-order valence-corrected chi connectivity index (χ0v) is 25.1. The van der Waals surface area contributed by atoms with Crippen LogP contribution < -0.4 is 10.6 Å². The Bertz CT molecular complexity index is 1330. The van der Waals surface area contributed by atoms with Crippen molar-refractivity contribution in [3.05, 3.63) is 106 Å². The lowest BCUT2D eigenvalue weighted by atomic mass is 9.96. The molecule has 0 saturated carbocycles. The fourth-order valence-electron chi connectivity index (χ4n) is 5.10. The standard InChI is InChI=1S/C34H43F2N3O3/c1-5-8-12-39(34(42)28-14-23(4)13-27(19-28)33(41)38-7-3)31(18-26-16-29(35)20-30(36)17-26)32(40)22-37-21-25-11-9-10-24(6-2)15-25/h9-11,13-17,19-20,31-32,37,40H,5-8,12,18,21-22H2,1-4H3,(H,38,41)/t31-,32+/m0/s1. The summed E-state index contributed by atoms with van der Waals surface area (Å²) >= 11 is 0. The Morgan fingerprint density at radius 2 is 1.60 bits per heavy atom. The number of aliphatic hydroxyl groups excluding tert-OH is 1. The molecule has 8 heteroatoms. The molecule has 3 N–H and O–H groups in total. The van der Waals surface area contributed by atoms with Gasteiger partial charge in [-0.05, 0) is 85.7 Å². The second-order valence-electron chi connectivity index (χ2n) is 10.7. The van der Waals surface area contributed by atoms with E-state index in [1.165, 1.54) is 17.7 Å². The Morgan fingerprint density at radius 1 is 0.905 bits per heavy atom. The van der Waals surface area contributed by atoms with E-state index in [-0.39, 0.29) is 24.8 Å².